The Morgan fingerprint density at radius 1 is 1.40 bits per heavy atom. The summed E-state index contributed by atoms with van der Waals surface area (Å²) in [6.07, 6.45) is 0. The van der Waals surface area contributed by atoms with E-state index in [1.165, 1.54) is 0 Å². The van der Waals surface area contributed by atoms with Crippen LogP contribution >= 0.6 is 0 Å². The van der Waals surface area contributed by atoms with Crippen molar-refractivity contribution < 1.29 is 4.79 Å². The molecule has 0 aliphatic carbocycles. The molecule has 2 aromatic rings. The smallest absolute Gasteiger partial charge is 0.254 e. The van der Waals surface area contributed by atoms with Crippen LogP contribution in [0.25, 0.3) is 11.0 Å². The second-order valence-electron chi connectivity index (χ2n) is 5.80. The molecule has 2 aromatic heterocycles. The van der Waals surface area contributed by atoms with Crippen LogP contribution in [0.15, 0.2) is 6.07 Å². The van der Waals surface area contributed by atoms with Gasteiger partial charge in [-0.1, -0.05) is 13.8 Å². The van der Waals surface area contributed by atoms with Gasteiger partial charge in [0.15, 0.2) is 5.65 Å². The number of pyridine rings is 1. The quantitative estimate of drug-likeness (QED) is 0.863. The van der Waals surface area contributed by atoms with Crippen molar-refractivity contribution in [3.8, 4) is 0 Å². The van der Waals surface area contributed by atoms with E-state index in [9.17, 15) is 4.79 Å². The number of amides is 1. The summed E-state index contributed by atoms with van der Waals surface area (Å²) in [7, 11) is 3.70. The van der Waals surface area contributed by atoms with Crippen LogP contribution in [0.3, 0.4) is 0 Å². The maximum absolute atomic E-state index is 12.7. The number of aromatic nitrogens is 3. The Balaban J connectivity index is 2.56. The molecule has 0 aliphatic rings. The lowest BCUT2D eigenvalue weighted by atomic mass is 10.1. The zero-order valence-corrected chi connectivity index (χ0v) is 13.1. The third-order valence-electron chi connectivity index (χ3n) is 3.31. The minimum absolute atomic E-state index is 0.0327. The molecule has 0 bridgehead atoms. The van der Waals surface area contributed by atoms with Gasteiger partial charge in [0, 0.05) is 26.3 Å². The number of carbonyl (C=O) groups is 1. The van der Waals surface area contributed by atoms with E-state index in [1.807, 2.05) is 34.0 Å². The number of nitrogens with zero attached hydrogens (tertiary/aromatic N) is 4. The fourth-order valence-corrected chi connectivity index (χ4v) is 2.57. The Labute approximate surface area is 119 Å². The van der Waals surface area contributed by atoms with Gasteiger partial charge < -0.3 is 4.90 Å². The first kappa shape index (κ1) is 14.5. The molecule has 0 aromatic carbocycles. The van der Waals surface area contributed by atoms with Crippen molar-refractivity contribution in [1.82, 2.24) is 19.7 Å². The fourth-order valence-electron chi connectivity index (χ4n) is 2.57. The number of rotatable bonds is 3. The monoisotopic (exact) mass is 274 g/mol. The zero-order chi connectivity index (χ0) is 15.0. The van der Waals surface area contributed by atoms with Crippen LogP contribution in [0, 0.1) is 19.8 Å². The van der Waals surface area contributed by atoms with E-state index in [1.54, 1.807) is 9.58 Å². The lowest BCUT2D eigenvalue weighted by Crippen LogP contribution is -2.30. The van der Waals surface area contributed by atoms with Crippen molar-refractivity contribution in [2.45, 2.75) is 27.7 Å². The van der Waals surface area contributed by atoms with Gasteiger partial charge in [-0.15, -0.1) is 0 Å². The lowest BCUT2D eigenvalue weighted by Gasteiger charge is -2.20. The van der Waals surface area contributed by atoms with Crippen molar-refractivity contribution >= 4 is 16.9 Å². The number of hydrogen-bond donors (Lipinski definition) is 0. The predicted molar refractivity (Wildman–Crippen MR) is 79.8 cm³/mol. The molecule has 20 heavy (non-hydrogen) atoms. The summed E-state index contributed by atoms with van der Waals surface area (Å²) >= 11 is 0. The van der Waals surface area contributed by atoms with E-state index >= 15 is 0 Å². The van der Waals surface area contributed by atoms with Crippen molar-refractivity contribution in [2.24, 2.45) is 13.0 Å². The largest absolute Gasteiger partial charge is 0.341 e. The Kier molecular flexibility index (Phi) is 3.79. The van der Waals surface area contributed by atoms with Crippen molar-refractivity contribution in [3.05, 3.63) is 23.0 Å². The second-order valence-corrected chi connectivity index (χ2v) is 5.80. The molecule has 2 heterocycles. The number of hydrogen-bond acceptors (Lipinski definition) is 3. The van der Waals surface area contributed by atoms with E-state index in [-0.39, 0.29) is 5.91 Å². The molecular weight excluding hydrogens is 252 g/mol. The zero-order valence-electron chi connectivity index (χ0n) is 13.1. The summed E-state index contributed by atoms with van der Waals surface area (Å²) in [5.74, 6) is 0.475. The summed E-state index contributed by atoms with van der Waals surface area (Å²) < 4.78 is 1.73. The van der Waals surface area contributed by atoms with Crippen LogP contribution in [-0.4, -0.2) is 39.2 Å². The summed E-state index contributed by atoms with van der Waals surface area (Å²) in [6, 6.07) is 1.86. The molecule has 0 saturated heterocycles. The third kappa shape index (κ3) is 2.53. The SMILES string of the molecule is Cc1cc(C(=O)N(C)CC(C)C)c2c(C)nn(C)c2n1. The number of carbonyl (C=O) groups excluding carboxylic acids is 1. The van der Waals surface area contributed by atoms with E-state index in [0.717, 1.165) is 29.0 Å². The minimum atomic E-state index is 0.0327. The van der Waals surface area contributed by atoms with Gasteiger partial charge in [-0.3, -0.25) is 9.48 Å². The molecule has 0 unspecified atom stereocenters. The van der Waals surface area contributed by atoms with Crippen molar-refractivity contribution in [1.29, 1.82) is 0 Å². The minimum Gasteiger partial charge on any atom is -0.341 e. The Hall–Kier alpha value is -1.91. The molecule has 0 atom stereocenters. The predicted octanol–water partition coefficient (Wildman–Crippen LogP) is 2.31. The molecule has 5 nitrogen and oxygen atoms in total. The summed E-state index contributed by atoms with van der Waals surface area (Å²) in [5.41, 5.74) is 3.14. The highest BCUT2D eigenvalue weighted by molar-refractivity contribution is 6.06. The van der Waals surface area contributed by atoms with Crippen LogP contribution in [0.5, 0.6) is 0 Å². The molecule has 2 rings (SSSR count). The first-order valence-electron chi connectivity index (χ1n) is 6.87. The average molecular weight is 274 g/mol. The molecule has 0 aliphatic heterocycles. The molecule has 0 radical (unpaired) electrons. The van der Waals surface area contributed by atoms with Gasteiger partial charge in [0.2, 0.25) is 0 Å². The van der Waals surface area contributed by atoms with Crippen molar-refractivity contribution in [2.75, 3.05) is 13.6 Å². The Bertz CT molecular complexity index is 657. The van der Waals surface area contributed by atoms with Crippen LogP contribution in [-0.2, 0) is 7.05 Å². The molecule has 108 valence electrons. The number of fused-ring (bicyclic) bond motifs is 1. The Morgan fingerprint density at radius 3 is 2.65 bits per heavy atom. The van der Waals surface area contributed by atoms with Gasteiger partial charge in [0.1, 0.15) is 0 Å². The molecule has 1 amide bonds. The van der Waals surface area contributed by atoms with Gasteiger partial charge in [-0.05, 0) is 25.8 Å². The van der Waals surface area contributed by atoms with E-state index < -0.39 is 0 Å². The molecule has 0 saturated carbocycles. The molecule has 0 spiro atoms. The number of aryl methyl sites for hydroxylation is 3. The van der Waals surface area contributed by atoms with Gasteiger partial charge in [-0.25, -0.2) is 4.98 Å². The summed E-state index contributed by atoms with van der Waals surface area (Å²) in [5, 5.41) is 5.24. The molecule has 5 heteroatoms. The highest BCUT2D eigenvalue weighted by atomic mass is 16.2. The van der Waals surface area contributed by atoms with Crippen LogP contribution < -0.4 is 0 Å². The normalized spacial score (nSPS) is 11.3. The highest BCUT2D eigenvalue weighted by Gasteiger charge is 2.20. The maximum Gasteiger partial charge on any atom is 0.254 e. The van der Waals surface area contributed by atoms with E-state index in [4.69, 9.17) is 0 Å². The maximum atomic E-state index is 12.7. The van der Waals surface area contributed by atoms with E-state index in [0.29, 0.717) is 11.5 Å². The third-order valence-corrected chi connectivity index (χ3v) is 3.31. The first-order chi connectivity index (χ1) is 9.31. The van der Waals surface area contributed by atoms with Gasteiger partial charge >= 0.3 is 0 Å². The summed E-state index contributed by atoms with van der Waals surface area (Å²) in [6.45, 7) is 8.76. The first-order valence-corrected chi connectivity index (χ1v) is 6.87. The van der Waals surface area contributed by atoms with Crippen LogP contribution in [0.2, 0.25) is 0 Å². The van der Waals surface area contributed by atoms with E-state index in [2.05, 4.69) is 23.9 Å². The van der Waals surface area contributed by atoms with Crippen LogP contribution in [0.4, 0.5) is 0 Å². The Morgan fingerprint density at radius 2 is 2.05 bits per heavy atom. The fraction of sp³-hybridized carbons (Fsp3) is 0.533. The molecular formula is C15H22N4O. The van der Waals surface area contributed by atoms with Gasteiger partial charge in [-0.2, -0.15) is 5.10 Å². The highest BCUT2D eigenvalue weighted by Crippen LogP contribution is 2.22. The lowest BCUT2D eigenvalue weighted by molar-refractivity contribution is 0.0781. The average Bonchev–Trinajstić information content (AvgIpc) is 2.62. The molecule has 0 N–H and O–H groups in total. The van der Waals surface area contributed by atoms with Gasteiger partial charge in [0.25, 0.3) is 5.91 Å². The summed E-state index contributed by atoms with van der Waals surface area (Å²) in [4.78, 5) is 18.9. The van der Waals surface area contributed by atoms with Gasteiger partial charge in [0.05, 0.1) is 16.6 Å². The molecule has 0 fully saturated rings. The second kappa shape index (κ2) is 5.23. The van der Waals surface area contributed by atoms with Crippen LogP contribution in [0.1, 0.15) is 35.6 Å². The standard InChI is InChI=1S/C15H22N4O/c1-9(2)8-18(5)15(20)12-7-10(3)16-14-13(12)11(4)17-19(14)6/h7,9H,8H2,1-6H3. The topological polar surface area (TPSA) is 51.0 Å². The van der Waals surface area contributed by atoms with Crippen molar-refractivity contribution in [3.63, 3.8) is 0 Å².